The molecule has 0 amide bonds. The second kappa shape index (κ2) is 8.71. The Morgan fingerprint density at radius 1 is 1.36 bits per heavy atom. The smallest absolute Gasteiger partial charge is 0.475 e. The highest BCUT2D eigenvalue weighted by Crippen LogP contribution is 2.39. The summed E-state index contributed by atoms with van der Waals surface area (Å²) in [6.45, 7) is 0.902. The van der Waals surface area contributed by atoms with Gasteiger partial charge in [-0.25, -0.2) is 4.79 Å². The summed E-state index contributed by atoms with van der Waals surface area (Å²) in [4.78, 5) is 12.9. The van der Waals surface area contributed by atoms with E-state index >= 15 is 0 Å². The Hall–Kier alpha value is -1.54. The average molecular weight is 381 g/mol. The molecule has 0 bridgehead atoms. The van der Waals surface area contributed by atoms with E-state index in [2.05, 4.69) is 10.3 Å². The van der Waals surface area contributed by atoms with Crippen LogP contribution >= 0.6 is 11.6 Å². The molecule has 0 radical (unpaired) electrons. The normalized spacial score (nSPS) is 21.7. The Morgan fingerprint density at radius 3 is 2.52 bits per heavy atom. The monoisotopic (exact) mass is 380 g/mol. The number of hydrogen-bond acceptors (Lipinski definition) is 4. The minimum atomic E-state index is -5.08. The predicted molar refractivity (Wildman–Crippen MR) is 86.7 cm³/mol. The molecule has 1 aromatic rings. The van der Waals surface area contributed by atoms with Crippen molar-refractivity contribution in [2.75, 3.05) is 11.9 Å². The van der Waals surface area contributed by atoms with Gasteiger partial charge in [-0.15, -0.1) is 0 Å². The highest BCUT2D eigenvalue weighted by atomic mass is 35.5. The number of hydrogen-bond donors (Lipinski definition) is 2. The third-order valence-corrected chi connectivity index (χ3v) is 4.38. The molecule has 2 aliphatic rings. The number of aromatic nitrogens is 1. The van der Waals surface area contributed by atoms with Crippen LogP contribution in [0.4, 0.5) is 18.9 Å². The molecular formula is C16H20ClF3N2O3. The summed E-state index contributed by atoms with van der Waals surface area (Å²) in [6.07, 6.45) is 4.98. The van der Waals surface area contributed by atoms with Crippen molar-refractivity contribution in [1.82, 2.24) is 4.98 Å². The van der Waals surface area contributed by atoms with Crippen molar-refractivity contribution in [2.24, 2.45) is 5.92 Å². The van der Waals surface area contributed by atoms with Gasteiger partial charge in [-0.3, -0.25) is 4.98 Å². The van der Waals surface area contributed by atoms with E-state index in [1.807, 2.05) is 6.07 Å². The van der Waals surface area contributed by atoms with Crippen LogP contribution in [0.2, 0.25) is 5.02 Å². The van der Waals surface area contributed by atoms with Crippen LogP contribution in [0.5, 0.6) is 0 Å². The molecule has 9 heteroatoms. The lowest BCUT2D eigenvalue weighted by molar-refractivity contribution is -0.192. The number of carboxylic acid groups (broad SMARTS) is 1. The average Bonchev–Trinajstić information content (AvgIpc) is 3.39. The zero-order valence-electron chi connectivity index (χ0n) is 13.4. The second-order valence-corrected chi connectivity index (χ2v) is 6.48. The molecule has 1 saturated carbocycles. The van der Waals surface area contributed by atoms with Crippen LogP contribution in [0.15, 0.2) is 18.5 Å². The van der Waals surface area contributed by atoms with Crippen LogP contribution < -0.4 is 5.32 Å². The van der Waals surface area contributed by atoms with Crippen LogP contribution in [-0.2, 0) is 9.53 Å². The summed E-state index contributed by atoms with van der Waals surface area (Å²) in [5.74, 6) is -2.01. The van der Waals surface area contributed by atoms with Crippen LogP contribution in [0.3, 0.4) is 0 Å². The van der Waals surface area contributed by atoms with Crippen molar-refractivity contribution >= 4 is 23.3 Å². The van der Waals surface area contributed by atoms with Crippen LogP contribution in [0.25, 0.3) is 0 Å². The summed E-state index contributed by atoms with van der Waals surface area (Å²) >= 11 is 6.17. The quantitative estimate of drug-likeness (QED) is 0.821. The number of ether oxygens (including phenoxy) is 1. The highest BCUT2D eigenvalue weighted by Gasteiger charge is 2.38. The van der Waals surface area contributed by atoms with Gasteiger partial charge in [0.1, 0.15) is 0 Å². The first-order valence-electron chi connectivity index (χ1n) is 8.07. The SMILES string of the molecule is Clc1cnccc1NC(C1CC1)C1CCCCO1.O=C(O)C(F)(F)F. The van der Waals surface area contributed by atoms with Gasteiger partial charge in [0.2, 0.25) is 0 Å². The van der Waals surface area contributed by atoms with E-state index in [4.69, 9.17) is 26.2 Å². The molecule has 1 aliphatic carbocycles. The van der Waals surface area contributed by atoms with Crippen molar-refractivity contribution in [3.8, 4) is 0 Å². The first kappa shape index (κ1) is 19.8. The lowest BCUT2D eigenvalue weighted by Crippen LogP contribution is -2.39. The molecule has 0 spiro atoms. The molecule has 3 rings (SSSR count). The van der Waals surface area contributed by atoms with E-state index < -0.39 is 12.1 Å². The van der Waals surface area contributed by atoms with E-state index in [1.165, 1.54) is 25.7 Å². The maximum Gasteiger partial charge on any atom is 0.490 e. The number of pyridine rings is 1. The molecule has 2 unspecified atom stereocenters. The minimum absolute atomic E-state index is 0.343. The van der Waals surface area contributed by atoms with Crippen molar-refractivity contribution in [3.05, 3.63) is 23.5 Å². The third kappa shape index (κ3) is 6.36. The fourth-order valence-electron chi connectivity index (χ4n) is 2.69. The Morgan fingerprint density at radius 2 is 2.04 bits per heavy atom. The Labute approximate surface area is 148 Å². The Kier molecular flexibility index (Phi) is 6.89. The van der Waals surface area contributed by atoms with Gasteiger partial charge >= 0.3 is 12.1 Å². The molecule has 0 aromatic carbocycles. The molecule has 1 saturated heterocycles. The second-order valence-electron chi connectivity index (χ2n) is 6.07. The molecule has 2 atom stereocenters. The lowest BCUT2D eigenvalue weighted by Gasteiger charge is -2.32. The topological polar surface area (TPSA) is 71.5 Å². The number of alkyl halides is 3. The number of carbonyl (C=O) groups is 1. The number of aliphatic carboxylic acids is 1. The van der Waals surface area contributed by atoms with Gasteiger partial charge in [0.05, 0.1) is 22.9 Å². The molecule has 2 heterocycles. The first-order valence-corrected chi connectivity index (χ1v) is 8.44. The predicted octanol–water partition coefficient (Wildman–Crippen LogP) is 4.13. The third-order valence-electron chi connectivity index (χ3n) is 4.08. The van der Waals surface area contributed by atoms with E-state index in [-0.39, 0.29) is 0 Å². The number of rotatable bonds is 4. The highest BCUT2D eigenvalue weighted by molar-refractivity contribution is 6.33. The molecule has 140 valence electrons. The van der Waals surface area contributed by atoms with Crippen LogP contribution in [-0.4, -0.2) is 41.0 Å². The Bertz CT molecular complexity index is 576. The minimum Gasteiger partial charge on any atom is -0.475 e. The van der Waals surface area contributed by atoms with Gasteiger partial charge in [-0.05, 0) is 44.1 Å². The molecule has 2 fully saturated rings. The van der Waals surface area contributed by atoms with Crippen LogP contribution in [0, 0.1) is 5.92 Å². The van der Waals surface area contributed by atoms with Gasteiger partial charge in [0.15, 0.2) is 0 Å². The maximum absolute atomic E-state index is 10.6. The van der Waals surface area contributed by atoms with Crippen molar-refractivity contribution in [1.29, 1.82) is 0 Å². The van der Waals surface area contributed by atoms with Crippen molar-refractivity contribution < 1.29 is 27.8 Å². The van der Waals surface area contributed by atoms with Crippen molar-refractivity contribution in [3.63, 3.8) is 0 Å². The lowest BCUT2D eigenvalue weighted by atomic mass is 9.98. The van der Waals surface area contributed by atoms with Gasteiger partial charge in [-0.2, -0.15) is 13.2 Å². The van der Waals surface area contributed by atoms with E-state index in [0.29, 0.717) is 17.2 Å². The van der Waals surface area contributed by atoms with Gasteiger partial charge in [0.25, 0.3) is 0 Å². The Balaban J connectivity index is 0.000000277. The zero-order chi connectivity index (χ0) is 18.4. The number of nitrogens with one attached hydrogen (secondary N) is 1. The first-order chi connectivity index (χ1) is 11.8. The standard InChI is InChI=1S/C14H19ClN2O.C2HF3O2/c15-11-9-16-7-6-12(11)17-14(10-4-5-10)13-3-1-2-8-18-13;3-2(4,5)1(6)7/h6-7,9-10,13-14H,1-5,8H2,(H,16,17);(H,6,7). The molecule has 2 N–H and O–H groups in total. The zero-order valence-corrected chi connectivity index (χ0v) is 14.2. The summed E-state index contributed by atoms with van der Waals surface area (Å²) in [5, 5.41) is 11.4. The van der Waals surface area contributed by atoms with Crippen molar-refractivity contribution in [2.45, 2.75) is 50.4 Å². The number of halogens is 4. The summed E-state index contributed by atoms with van der Waals surface area (Å²) in [7, 11) is 0. The van der Waals surface area contributed by atoms with E-state index in [0.717, 1.165) is 24.6 Å². The fraction of sp³-hybridized carbons (Fsp3) is 0.625. The van der Waals surface area contributed by atoms with Crippen LogP contribution in [0.1, 0.15) is 32.1 Å². The van der Waals surface area contributed by atoms with Gasteiger partial charge in [-0.1, -0.05) is 11.6 Å². The molecule has 25 heavy (non-hydrogen) atoms. The van der Waals surface area contributed by atoms with E-state index in [1.54, 1.807) is 12.4 Å². The van der Waals surface area contributed by atoms with Gasteiger partial charge in [0, 0.05) is 19.0 Å². The molecule has 5 nitrogen and oxygen atoms in total. The number of carboxylic acids is 1. The maximum atomic E-state index is 10.6. The van der Waals surface area contributed by atoms with E-state index in [9.17, 15) is 13.2 Å². The summed E-state index contributed by atoms with van der Waals surface area (Å²) in [5.41, 5.74) is 0.984. The summed E-state index contributed by atoms with van der Waals surface area (Å²) in [6, 6.07) is 2.35. The largest absolute Gasteiger partial charge is 0.490 e. The number of nitrogens with zero attached hydrogens (tertiary/aromatic N) is 1. The molecule has 1 aliphatic heterocycles. The molecular weight excluding hydrogens is 361 g/mol. The fourth-order valence-corrected chi connectivity index (χ4v) is 2.86. The molecule has 1 aromatic heterocycles. The summed E-state index contributed by atoms with van der Waals surface area (Å²) < 4.78 is 37.7. The van der Waals surface area contributed by atoms with Gasteiger partial charge < -0.3 is 15.2 Å². The number of anilines is 1.